The number of carbonyl (C=O) groups excluding carboxylic acids is 1. The Hall–Kier alpha value is -2.10. The average molecular weight is 333 g/mol. The Labute approximate surface area is 137 Å². The van der Waals surface area contributed by atoms with E-state index < -0.39 is 0 Å². The molecule has 5 nitrogen and oxygen atoms in total. The van der Waals surface area contributed by atoms with Crippen molar-refractivity contribution in [1.29, 1.82) is 5.26 Å². The van der Waals surface area contributed by atoms with Gasteiger partial charge in [0.1, 0.15) is 5.82 Å². The fourth-order valence-corrected chi connectivity index (χ4v) is 3.40. The van der Waals surface area contributed by atoms with Crippen molar-refractivity contribution in [3.63, 3.8) is 0 Å². The number of hydrogen-bond donors (Lipinski definition) is 0. The zero-order valence-corrected chi connectivity index (χ0v) is 13.3. The largest absolute Gasteiger partial charge is 0.353 e. The van der Waals surface area contributed by atoms with Crippen LogP contribution < -0.4 is 4.90 Å². The zero-order chi connectivity index (χ0) is 15.5. The summed E-state index contributed by atoms with van der Waals surface area (Å²) in [4.78, 5) is 21.2. The number of nitriles is 1. The van der Waals surface area contributed by atoms with Crippen LogP contribution >= 0.6 is 22.9 Å². The molecule has 3 heterocycles. The van der Waals surface area contributed by atoms with Crippen LogP contribution in [0.2, 0.25) is 4.34 Å². The Kier molecular flexibility index (Phi) is 4.27. The Morgan fingerprint density at radius 3 is 2.68 bits per heavy atom. The summed E-state index contributed by atoms with van der Waals surface area (Å²) >= 11 is 7.18. The van der Waals surface area contributed by atoms with Crippen molar-refractivity contribution in [2.45, 2.75) is 0 Å². The number of rotatable bonds is 2. The van der Waals surface area contributed by atoms with E-state index in [1.54, 1.807) is 30.5 Å². The monoisotopic (exact) mass is 332 g/mol. The topological polar surface area (TPSA) is 60.2 Å². The van der Waals surface area contributed by atoms with Gasteiger partial charge in [0, 0.05) is 32.4 Å². The van der Waals surface area contributed by atoms with Gasteiger partial charge in [0.25, 0.3) is 5.91 Å². The van der Waals surface area contributed by atoms with Crippen LogP contribution in [0, 0.1) is 11.3 Å². The molecule has 1 saturated heterocycles. The molecule has 112 valence electrons. The fraction of sp³-hybridized carbons (Fsp3) is 0.267. The van der Waals surface area contributed by atoms with E-state index in [2.05, 4.69) is 16.0 Å². The molecule has 0 bridgehead atoms. The molecule has 0 aliphatic carbocycles. The van der Waals surface area contributed by atoms with Gasteiger partial charge in [0.2, 0.25) is 0 Å². The van der Waals surface area contributed by atoms with Gasteiger partial charge in [-0.25, -0.2) is 4.98 Å². The lowest BCUT2D eigenvalue weighted by atomic mass is 10.2. The summed E-state index contributed by atoms with van der Waals surface area (Å²) in [5.74, 6) is 0.806. The first-order valence-corrected chi connectivity index (χ1v) is 8.02. The molecule has 1 aliphatic heterocycles. The molecule has 22 heavy (non-hydrogen) atoms. The zero-order valence-electron chi connectivity index (χ0n) is 11.7. The van der Waals surface area contributed by atoms with Crippen molar-refractivity contribution in [2.24, 2.45) is 0 Å². The van der Waals surface area contributed by atoms with Gasteiger partial charge in [-0.3, -0.25) is 4.79 Å². The second-order valence-corrected chi connectivity index (χ2v) is 6.61. The van der Waals surface area contributed by atoms with Gasteiger partial charge in [0.15, 0.2) is 0 Å². The molecular formula is C15H13ClN4OS. The maximum Gasteiger partial charge on any atom is 0.264 e. The van der Waals surface area contributed by atoms with Gasteiger partial charge in [0.05, 0.1) is 20.8 Å². The van der Waals surface area contributed by atoms with Crippen LogP contribution in [0.25, 0.3) is 0 Å². The summed E-state index contributed by atoms with van der Waals surface area (Å²) in [7, 11) is 0. The van der Waals surface area contributed by atoms with Gasteiger partial charge >= 0.3 is 0 Å². The first-order chi connectivity index (χ1) is 10.7. The number of anilines is 1. The third-order valence-corrected chi connectivity index (χ3v) is 4.77. The van der Waals surface area contributed by atoms with Crippen molar-refractivity contribution < 1.29 is 4.79 Å². The highest BCUT2D eigenvalue weighted by atomic mass is 35.5. The van der Waals surface area contributed by atoms with Crippen LogP contribution in [0.1, 0.15) is 15.2 Å². The number of hydrogen-bond acceptors (Lipinski definition) is 5. The van der Waals surface area contributed by atoms with E-state index in [4.69, 9.17) is 16.9 Å². The minimum absolute atomic E-state index is 0.0234. The number of halogens is 1. The lowest BCUT2D eigenvalue weighted by molar-refractivity contribution is 0.0751. The van der Waals surface area contributed by atoms with Crippen molar-refractivity contribution in [3.8, 4) is 6.07 Å². The molecular weight excluding hydrogens is 320 g/mol. The quantitative estimate of drug-likeness (QED) is 0.848. The Morgan fingerprint density at radius 2 is 2.05 bits per heavy atom. The molecule has 3 rings (SSSR count). The molecule has 7 heteroatoms. The predicted molar refractivity (Wildman–Crippen MR) is 86.4 cm³/mol. The van der Waals surface area contributed by atoms with E-state index in [-0.39, 0.29) is 5.91 Å². The molecule has 0 atom stereocenters. The standard InChI is InChI=1S/C15H13ClN4OS/c16-13-2-1-12(22-13)15(21)20-7-5-19(6-8-20)14-9-11(10-17)3-4-18-14/h1-4,9H,5-8H2. The molecule has 0 aromatic carbocycles. The Bertz CT molecular complexity index is 731. The normalized spacial score (nSPS) is 14.7. The highest BCUT2D eigenvalue weighted by molar-refractivity contribution is 7.17. The van der Waals surface area contributed by atoms with Crippen LogP contribution in [0.15, 0.2) is 30.5 Å². The molecule has 1 aliphatic rings. The first-order valence-electron chi connectivity index (χ1n) is 6.83. The lowest BCUT2D eigenvalue weighted by Gasteiger charge is -2.35. The van der Waals surface area contributed by atoms with Crippen molar-refractivity contribution in [2.75, 3.05) is 31.1 Å². The molecule has 2 aromatic rings. The second kappa shape index (κ2) is 6.34. The molecule has 0 unspecified atom stereocenters. The highest BCUT2D eigenvalue weighted by Gasteiger charge is 2.23. The number of aromatic nitrogens is 1. The van der Waals surface area contributed by atoms with E-state index in [1.165, 1.54) is 11.3 Å². The third kappa shape index (κ3) is 3.06. The van der Waals surface area contributed by atoms with Crippen LogP contribution in [0.4, 0.5) is 5.82 Å². The molecule has 0 radical (unpaired) electrons. The lowest BCUT2D eigenvalue weighted by Crippen LogP contribution is -2.48. The SMILES string of the molecule is N#Cc1ccnc(N2CCN(C(=O)c3ccc(Cl)s3)CC2)c1. The van der Waals surface area contributed by atoms with Crippen molar-refractivity contribution in [1.82, 2.24) is 9.88 Å². The highest BCUT2D eigenvalue weighted by Crippen LogP contribution is 2.23. The summed E-state index contributed by atoms with van der Waals surface area (Å²) < 4.78 is 0.625. The summed E-state index contributed by atoms with van der Waals surface area (Å²) in [5, 5.41) is 8.94. The van der Waals surface area contributed by atoms with Gasteiger partial charge < -0.3 is 9.80 Å². The summed E-state index contributed by atoms with van der Waals surface area (Å²) in [5.41, 5.74) is 0.594. The van der Waals surface area contributed by atoms with E-state index in [9.17, 15) is 4.79 Å². The van der Waals surface area contributed by atoms with Gasteiger partial charge in [-0.15, -0.1) is 11.3 Å². The fourth-order valence-electron chi connectivity index (χ4n) is 2.38. The molecule has 0 saturated carbocycles. The van der Waals surface area contributed by atoms with E-state index in [1.807, 2.05) is 4.90 Å². The average Bonchev–Trinajstić information content (AvgIpc) is 3.01. The molecule has 0 spiro atoms. The second-order valence-electron chi connectivity index (χ2n) is 4.90. The van der Waals surface area contributed by atoms with Crippen molar-refractivity contribution in [3.05, 3.63) is 45.2 Å². The summed E-state index contributed by atoms with van der Waals surface area (Å²) in [6.07, 6.45) is 1.64. The molecule has 0 N–H and O–H groups in total. The van der Waals surface area contributed by atoms with E-state index in [0.29, 0.717) is 41.0 Å². The smallest absolute Gasteiger partial charge is 0.264 e. The number of nitrogens with zero attached hydrogens (tertiary/aromatic N) is 4. The van der Waals surface area contributed by atoms with Crippen LogP contribution in [-0.4, -0.2) is 42.0 Å². The van der Waals surface area contributed by atoms with E-state index in [0.717, 1.165) is 5.82 Å². The molecule has 2 aromatic heterocycles. The number of amides is 1. The number of pyridine rings is 1. The maximum atomic E-state index is 12.4. The van der Waals surface area contributed by atoms with Crippen LogP contribution in [0.3, 0.4) is 0 Å². The number of carbonyl (C=O) groups is 1. The molecule has 1 fully saturated rings. The van der Waals surface area contributed by atoms with Crippen molar-refractivity contribution >= 4 is 34.7 Å². The summed E-state index contributed by atoms with van der Waals surface area (Å²) in [6, 6.07) is 9.08. The Balaban J connectivity index is 1.65. The van der Waals surface area contributed by atoms with Gasteiger partial charge in [-0.2, -0.15) is 5.26 Å². The maximum absolute atomic E-state index is 12.4. The third-order valence-electron chi connectivity index (χ3n) is 3.55. The van der Waals surface area contributed by atoms with Gasteiger partial charge in [-0.1, -0.05) is 11.6 Å². The first kappa shape index (κ1) is 14.8. The van der Waals surface area contributed by atoms with E-state index >= 15 is 0 Å². The van der Waals surface area contributed by atoms with Crippen LogP contribution in [-0.2, 0) is 0 Å². The Morgan fingerprint density at radius 1 is 1.27 bits per heavy atom. The number of piperazine rings is 1. The van der Waals surface area contributed by atoms with Crippen LogP contribution in [0.5, 0.6) is 0 Å². The summed E-state index contributed by atoms with van der Waals surface area (Å²) in [6.45, 7) is 2.67. The van der Waals surface area contributed by atoms with Gasteiger partial charge in [-0.05, 0) is 24.3 Å². The minimum Gasteiger partial charge on any atom is -0.353 e. The predicted octanol–water partition coefficient (Wildman–Crippen LogP) is 2.63. The molecule has 1 amide bonds. The minimum atomic E-state index is 0.0234. The number of thiophene rings is 1.